The van der Waals surface area contributed by atoms with Gasteiger partial charge in [0.05, 0.1) is 23.2 Å². The molecule has 8 nitrogen and oxygen atoms in total. The molecule has 2 aromatic carbocycles. The summed E-state index contributed by atoms with van der Waals surface area (Å²) < 4.78 is 12.3. The summed E-state index contributed by atoms with van der Waals surface area (Å²) in [6, 6.07) is 15.3. The number of hydrogen-bond donors (Lipinski definition) is 2. The van der Waals surface area contributed by atoms with Crippen molar-refractivity contribution in [1.29, 1.82) is 5.41 Å². The van der Waals surface area contributed by atoms with Crippen LogP contribution in [-0.4, -0.2) is 56.9 Å². The fraction of sp³-hybridized carbons (Fsp3) is 0.417. The molecule has 0 atom stereocenters. The molecule has 2 fully saturated rings. The number of benzene rings is 2. The van der Waals surface area contributed by atoms with Crippen LogP contribution >= 0.6 is 0 Å². The zero-order valence-corrected chi connectivity index (χ0v) is 19.7. The Labute approximate surface area is 195 Å². The van der Waals surface area contributed by atoms with E-state index in [1.54, 1.807) is 0 Å². The van der Waals surface area contributed by atoms with Gasteiger partial charge in [-0.3, -0.25) is 10.3 Å². The second kappa shape index (κ2) is 8.72. The Morgan fingerprint density at radius 1 is 0.909 bits per heavy atom. The van der Waals surface area contributed by atoms with Crippen LogP contribution in [-0.2, 0) is 9.31 Å². The lowest BCUT2D eigenvalue weighted by atomic mass is 9.79. The molecule has 2 aliphatic heterocycles. The number of hydrogen-bond acceptors (Lipinski definition) is 6. The van der Waals surface area contributed by atoms with E-state index in [2.05, 4.69) is 61.8 Å². The number of anilines is 3. The monoisotopic (exact) mass is 449 g/mol. The summed E-state index contributed by atoms with van der Waals surface area (Å²) >= 11 is 0. The minimum Gasteiger partial charge on any atom is -0.399 e. The predicted molar refractivity (Wildman–Crippen MR) is 134 cm³/mol. The molecule has 33 heavy (non-hydrogen) atoms. The summed E-state index contributed by atoms with van der Waals surface area (Å²) in [5.41, 5.74) is 8.51. The van der Waals surface area contributed by atoms with Crippen LogP contribution in [0.4, 0.5) is 21.9 Å². The lowest BCUT2D eigenvalue weighted by molar-refractivity contribution is 0.00578. The minimum atomic E-state index is -0.670. The lowest BCUT2D eigenvalue weighted by Crippen LogP contribution is -2.46. The Hall–Kier alpha value is -3.04. The SMILES string of the molecule is CC1(C)OB(c2ccc(N3CCN(c4ccc(N(C=N)C(N)=O)cc4)CC3)cc2)OC1(C)C. The molecule has 2 aromatic rings. The van der Waals surface area contributed by atoms with E-state index in [1.165, 1.54) is 5.69 Å². The van der Waals surface area contributed by atoms with Crippen molar-refractivity contribution < 1.29 is 14.1 Å². The molecular weight excluding hydrogens is 417 g/mol. The standard InChI is InChI=1S/C24H32BN5O3/c1-23(2)24(3,4)33-25(32-23)18-5-7-19(8-6-18)28-13-15-29(16-14-28)20-9-11-21(12-10-20)30(17-26)22(27)31/h5-12,17,26H,13-16H2,1-4H3,(H2,27,31). The van der Waals surface area contributed by atoms with Gasteiger partial charge in [-0.25, -0.2) is 4.79 Å². The van der Waals surface area contributed by atoms with Gasteiger partial charge in [0.25, 0.3) is 0 Å². The zero-order valence-electron chi connectivity index (χ0n) is 19.7. The van der Waals surface area contributed by atoms with E-state index in [0.29, 0.717) is 5.69 Å². The van der Waals surface area contributed by atoms with Crippen LogP contribution in [0.15, 0.2) is 48.5 Å². The largest absolute Gasteiger partial charge is 0.494 e. The smallest absolute Gasteiger partial charge is 0.399 e. The summed E-state index contributed by atoms with van der Waals surface area (Å²) in [4.78, 5) is 17.2. The van der Waals surface area contributed by atoms with Crippen LogP contribution in [0.2, 0.25) is 0 Å². The average molecular weight is 449 g/mol. The highest BCUT2D eigenvalue weighted by molar-refractivity contribution is 6.62. The number of nitrogens with zero attached hydrogens (tertiary/aromatic N) is 3. The quantitative estimate of drug-likeness (QED) is 0.416. The normalized spacial score (nSPS) is 19.5. The van der Waals surface area contributed by atoms with Gasteiger partial charge >= 0.3 is 13.1 Å². The summed E-state index contributed by atoms with van der Waals surface area (Å²) in [5.74, 6) is 0. The number of piperazine rings is 1. The molecule has 2 amide bonds. The second-order valence-corrected chi connectivity index (χ2v) is 9.51. The third kappa shape index (κ3) is 4.56. The van der Waals surface area contributed by atoms with E-state index >= 15 is 0 Å². The molecule has 0 aromatic heterocycles. The van der Waals surface area contributed by atoms with Crippen LogP contribution < -0.4 is 25.9 Å². The summed E-state index contributed by atoms with van der Waals surface area (Å²) in [6.07, 6.45) is 0.925. The first-order chi connectivity index (χ1) is 15.6. The van der Waals surface area contributed by atoms with Crippen LogP contribution in [0.1, 0.15) is 27.7 Å². The van der Waals surface area contributed by atoms with Gasteiger partial charge in [0.1, 0.15) is 0 Å². The zero-order chi connectivity index (χ0) is 23.8. The maximum absolute atomic E-state index is 11.4. The van der Waals surface area contributed by atoms with Crippen molar-refractivity contribution >= 4 is 42.0 Å². The van der Waals surface area contributed by atoms with Crippen LogP contribution in [0.25, 0.3) is 0 Å². The molecule has 0 bridgehead atoms. The summed E-state index contributed by atoms with van der Waals surface area (Å²) in [5, 5.41) is 7.35. The molecule has 0 unspecified atom stereocenters. The van der Waals surface area contributed by atoms with Crippen molar-refractivity contribution in [3.05, 3.63) is 48.5 Å². The first kappa shape index (κ1) is 23.1. The maximum Gasteiger partial charge on any atom is 0.494 e. The number of nitrogens with two attached hydrogens (primary N) is 1. The molecule has 0 radical (unpaired) electrons. The molecule has 0 saturated carbocycles. The lowest BCUT2D eigenvalue weighted by Gasteiger charge is -2.37. The number of carbonyl (C=O) groups excluding carboxylic acids is 1. The van der Waals surface area contributed by atoms with Crippen LogP contribution in [0.5, 0.6) is 0 Å². The van der Waals surface area contributed by atoms with E-state index in [9.17, 15) is 4.79 Å². The number of urea groups is 1. The first-order valence-electron chi connectivity index (χ1n) is 11.3. The Morgan fingerprint density at radius 3 is 1.73 bits per heavy atom. The molecule has 4 rings (SSSR count). The Morgan fingerprint density at radius 2 is 1.33 bits per heavy atom. The van der Waals surface area contributed by atoms with Gasteiger partial charge in [-0.1, -0.05) is 12.1 Å². The summed E-state index contributed by atoms with van der Waals surface area (Å²) in [7, 11) is -0.345. The third-order valence-electron chi connectivity index (χ3n) is 6.92. The van der Waals surface area contributed by atoms with Crippen molar-refractivity contribution in [1.82, 2.24) is 0 Å². The van der Waals surface area contributed by atoms with E-state index in [1.807, 2.05) is 24.3 Å². The number of amides is 2. The van der Waals surface area contributed by atoms with Crippen molar-refractivity contribution in [3.63, 3.8) is 0 Å². The van der Waals surface area contributed by atoms with E-state index < -0.39 is 6.03 Å². The highest BCUT2D eigenvalue weighted by Gasteiger charge is 2.51. The molecule has 3 N–H and O–H groups in total. The third-order valence-corrected chi connectivity index (χ3v) is 6.92. The first-order valence-corrected chi connectivity index (χ1v) is 11.3. The van der Waals surface area contributed by atoms with Gasteiger partial charge in [-0.2, -0.15) is 0 Å². The van der Waals surface area contributed by atoms with E-state index in [4.69, 9.17) is 20.5 Å². The maximum atomic E-state index is 11.4. The highest BCUT2D eigenvalue weighted by atomic mass is 16.7. The van der Waals surface area contributed by atoms with Crippen LogP contribution in [0.3, 0.4) is 0 Å². The molecule has 9 heteroatoms. The number of primary amides is 1. The topological polar surface area (TPSA) is 95.1 Å². The number of nitrogens with one attached hydrogen (secondary N) is 1. The van der Waals surface area contributed by atoms with Gasteiger partial charge in [0.15, 0.2) is 0 Å². The fourth-order valence-corrected chi connectivity index (χ4v) is 4.13. The van der Waals surface area contributed by atoms with Gasteiger partial charge in [0.2, 0.25) is 0 Å². The summed E-state index contributed by atoms with van der Waals surface area (Å²) in [6.45, 7) is 11.9. The van der Waals surface area contributed by atoms with Gasteiger partial charge < -0.3 is 24.8 Å². The number of rotatable bonds is 5. The second-order valence-electron chi connectivity index (χ2n) is 9.51. The van der Waals surface area contributed by atoms with Crippen molar-refractivity contribution in [2.24, 2.45) is 5.73 Å². The Bertz CT molecular complexity index is 986. The van der Waals surface area contributed by atoms with Crippen molar-refractivity contribution in [2.75, 3.05) is 40.9 Å². The highest BCUT2D eigenvalue weighted by Crippen LogP contribution is 2.36. The van der Waals surface area contributed by atoms with Gasteiger partial charge in [0, 0.05) is 37.6 Å². The van der Waals surface area contributed by atoms with Crippen molar-refractivity contribution in [3.8, 4) is 0 Å². The average Bonchev–Trinajstić information content (AvgIpc) is 3.02. The molecule has 2 heterocycles. The Balaban J connectivity index is 1.36. The fourth-order valence-electron chi connectivity index (χ4n) is 4.13. The van der Waals surface area contributed by atoms with Gasteiger partial charge in [-0.15, -0.1) is 0 Å². The molecule has 174 valence electrons. The minimum absolute atomic E-state index is 0.345. The molecule has 2 saturated heterocycles. The van der Waals surface area contributed by atoms with E-state index in [-0.39, 0.29) is 18.3 Å². The number of carbonyl (C=O) groups is 1. The van der Waals surface area contributed by atoms with E-state index in [0.717, 1.165) is 48.6 Å². The molecule has 2 aliphatic rings. The molecule has 0 spiro atoms. The van der Waals surface area contributed by atoms with Crippen molar-refractivity contribution in [2.45, 2.75) is 38.9 Å². The predicted octanol–water partition coefficient (Wildman–Crippen LogP) is 2.80. The molecular formula is C24H32BN5O3. The van der Waals surface area contributed by atoms with Gasteiger partial charge in [-0.05, 0) is 69.6 Å². The van der Waals surface area contributed by atoms with Crippen LogP contribution in [0, 0.1) is 5.41 Å². The molecule has 0 aliphatic carbocycles. The Kier molecular flexibility index (Phi) is 6.11.